The highest BCUT2D eigenvalue weighted by Gasteiger charge is 2.24. The second-order valence-corrected chi connectivity index (χ2v) is 5.50. The Labute approximate surface area is 132 Å². The summed E-state index contributed by atoms with van der Waals surface area (Å²) in [5.74, 6) is -1.49. The number of carboxylic acids is 1. The van der Waals surface area contributed by atoms with E-state index >= 15 is 0 Å². The van der Waals surface area contributed by atoms with E-state index in [0.717, 1.165) is 22.8 Å². The van der Waals surface area contributed by atoms with Crippen molar-refractivity contribution < 1.29 is 19.4 Å². The zero-order valence-electron chi connectivity index (χ0n) is 13.1. The molecule has 0 unspecified atom stereocenters. The lowest BCUT2D eigenvalue weighted by Gasteiger charge is -2.01. The molecule has 23 heavy (non-hydrogen) atoms. The molecule has 0 aromatic heterocycles. The predicted molar refractivity (Wildman–Crippen MR) is 85.0 cm³/mol. The summed E-state index contributed by atoms with van der Waals surface area (Å²) in [7, 11) is 0. The molecule has 0 fully saturated rings. The van der Waals surface area contributed by atoms with Crippen molar-refractivity contribution in [3.05, 3.63) is 33.5 Å². The highest BCUT2D eigenvalue weighted by Crippen LogP contribution is 2.22. The molecule has 1 aromatic rings. The number of esters is 1. The van der Waals surface area contributed by atoms with Crippen molar-refractivity contribution in [3.63, 3.8) is 0 Å². The monoisotopic (exact) mass is 312 g/mol. The van der Waals surface area contributed by atoms with E-state index in [1.54, 1.807) is 19.1 Å². The summed E-state index contributed by atoms with van der Waals surface area (Å²) < 4.78 is 5.11. The van der Waals surface area contributed by atoms with E-state index in [0.29, 0.717) is 23.2 Å². The Kier molecular flexibility index (Phi) is 3.60. The van der Waals surface area contributed by atoms with Crippen molar-refractivity contribution in [1.82, 2.24) is 0 Å². The van der Waals surface area contributed by atoms with Crippen molar-refractivity contribution in [2.75, 3.05) is 6.61 Å². The van der Waals surface area contributed by atoms with Gasteiger partial charge in [0.05, 0.1) is 17.7 Å². The Morgan fingerprint density at radius 2 is 2.00 bits per heavy atom. The molecule has 2 aliphatic rings. The van der Waals surface area contributed by atoms with Crippen LogP contribution in [-0.2, 0) is 14.3 Å². The number of aliphatic carboxylic acids is 1. The van der Waals surface area contributed by atoms with Crippen LogP contribution >= 0.6 is 0 Å². The maximum absolute atomic E-state index is 11.9. The number of carbonyl (C=O) groups excluding carboxylic acids is 1. The third-order valence-electron chi connectivity index (χ3n) is 3.92. The fourth-order valence-electron chi connectivity index (χ4n) is 2.84. The van der Waals surface area contributed by atoms with Crippen LogP contribution < -0.4 is 10.6 Å². The summed E-state index contributed by atoms with van der Waals surface area (Å²) in [5.41, 5.74) is 3.21. The van der Waals surface area contributed by atoms with Gasteiger partial charge in [-0.15, -0.1) is 0 Å². The van der Waals surface area contributed by atoms with E-state index < -0.39 is 11.9 Å². The Morgan fingerprint density at radius 1 is 1.26 bits per heavy atom. The molecule has 0 atom stereocenters. The van der Waals surface area contributed by atoms with E-state index in [2.05, 4.69) is 9.98 Å². The Balaban J connectivity index is 2.09. The number of ether oxygens (including phenoxy) is 1. The molecule has 0 amide bonds. The van der Waals surface area contributed by atoms with Crippen LogP contribution in [0, 0.1) is 6.92 Å². The van der Waals surface area contributed by atoms with Gasteiger partial charge in [0.15, 0.2) is 5.71 Å². The quantitative estimate of drug-likeness (QED) is 0.848. The molecule has 0 bridgehead atoms. The van der Waals surface area contributed by atoms with Crippen LogP contribution in [0.3, 0.4) is 0 Å². The maximum Gasteiger partial charge on any atom is 0.356 e. The van der Waals surface area contributed by atoms with Gasteiger partial charge in [-0.1, -0.05) is 6.92 Å². The van der Waals surface area contributed by atoms with Gasteiger partial charge < -0.3 is 9.84 Å². The number of aliphatic imine (C=N–C) groups is 1. The minimum atomic E-state index is -1.05. The summed E-state index contributed by atoms with van der Waals surface area (Å²) in [6.45, 7) is 5.91. The van der Waals surface area contributed by atoms with Crippen LogP contribution in [0.15, 0.2) is 21.7 Å². The van der Waals surface area contributed by atoms with Gasteiger partial charge in [0.25, 0.3) is 0 Å². The van der Waals surface area contributed by atoms with Crippen molar-refractivity contribution in [1.29, 1.82) is 0 Å². The van der Waals surface area contributed by atoms with Crippen LogP contribution in [0.4, 0.5) is 5.69 Å². The fourth-order valence-corrected chi connectivity index (χ4v) is 2.84. The van der Waals surface area contributed by atoms with Crippen molar-refractivity contribution in [2.45, 2.75) is 27.2 Å². The standard InChI is InChI=1S/C17H16N2O4/c1-4-5-23-17(22)13-6-10-8(2)14-9(3)15(16(20)21)19-12(14)7-11(10)18-13/h6-7H,4-5H2,1-3H3,(H,20,21). The highest BCUT2D eigenvalue weighted by molar-refractivity contribution is 6.52. The van der Waals surface area contributed by atoms with Crippen LogP contribution in [-0.4, -0.2) is 29.4 Å². The number of hydrogen-bond donors (Lipinski definition) is 1. The van der Waals surface area contributed by atoms with Gasteiger partial charge in [0.2, 0.25) is 0 Å². The molecule has 6 heteroatoms. The molecule has 0 saturated carbocycles. The van der Waals surface area contributed by atoms with Crippen LogP contribution in [0.2, 0.25) is 0 Å². The minimum Gasteiger partial charge on any atom is -0.477 e. The summed E-state index contributed by atoms with van der Waals surface area (Å²) in [5, 5.41) is 10.6. The molecule has 0 spiro atoms. The first-order valence-corrected chi connectivity index (χ1v) is 7.38. The van der Waals surface area contributed by atoms with Crippen LogP contribution in [0.1, 0.15) is 31.4 Å². The largest absolute Gasteiger partial charge is 0.477 e. The summed E-state index contributed by atoms with van der Waals surface area (Å²) in [6.07, 6.45) is 2.44. The molecular formula is C17H16N2O4. The number of nitrogens with zero attached hydrogens (tertiary/aromatic N) is 2. The second kappa shape index (κ2) is 5.46. The maximum atomic E-state index is 11.9. The van der Waals surface area contributed by atoms with Crippen molar-refractivity contribution in [3.8, 4) is 0 Å². The molecule has 2 heterocycles. The number of hydrogen-bond acceptors (Lipinski definition) is 5. The molecule has 0 saturated heterocycles. The average molecular weight is 312 g/mol. The molecule has 1 N–H and O–H groups in total. The number of rotatable bonds is 4. The lowest BCUT2D eigenvalue weighted by molar-refractivity contribution is -0.139. The van der Waals surface area contributed by atoms with Gasteiger partial charge in [0.1, 0.15) is 5.70 Å². The zero-order chi connectivity index (χ0) is 16.7. The molecule has 2 aliphatic heterocycles. The predicted octanol–water partition coefficient (Wildman–Crippen LogP) is 1.26. The molecule has 118 valence electrons. The molecule has 0 aliphatic carbocycles. The summed E-state index contributed by atoms with van der Waals surface area (Å²) >= 11 is 0. The van der Waals surface area contributed by atoms with Gasteiger partial charge in [-0.05, 0) is 43.5 Å². The normalized spacial score (nSPS) is 14.7. The molecule has 0 radical (unpaired) electrons. The lowest BCUT2D eigenvalue weighted by atomic mass is 10.0. The minimum absolute atomic E-state index is 0.0540. The molecular weight excluding hydrogens is 296 g/mol. The van der Waals surface area contributed by atoms with E-state index in [1.165, 1.54) is 0 Å². The van der Waals surface area contributed by atoms with E-state index in [4.69, 9.17) is 4.74 Å². The van der Waals surface area contributed by atoms with Crippen molar-refractivity contribution in [2.24, 2.45) is 9.98 Å². The van der Waals surface area contributed by atoms with Gasteiger partial charge >= 0.3 is 11.9 Å². The summed E-state index contributed by atoms with van der Waals surface area (Å²) in [4.78, 5) is 31.7. The van der Waals surface area contributed by atoms with Crippen molar-refractivity contribution >= 4 is 35.0 Å². The molecule has 6 nitrogen and oxygen atoms in total. The smallest absolute Gasteiger partial charge is 0.356 e. The Morgan fingerprint density at radius 3 is 2.65 bits per heavy atom. The third-order valence-corrected chi connectivity index (χ3v) is 3.92. The highest BCUT2D eigenvalue weighted by atomic mass is 16.5. The number of benzene rings is 1. The zero-order valence-corrected chi connectivity index (χ0v) is 13.1. The van der Waals surface area contributed by atoms with Gasteiger partial charge in [-0.2, -0.15) is 0 Å². The van der Waals surface area contributed by atoms with Gasteiger partial charge in [-0.3, -0.25) is 0 Å². The lowest BCUT2D eigenvalue weighted by Crippen LogP contribution is -2.19. The third kappa shape index (κ3) is 2.36. The Hall–Kier alpha value is -2.76. The van der Waals surface area contributed by atoms with Crippen LogP contribution in [0.25, 0.3) is 11.6 Å². The topological polar surface area (TPSA) is 88.3 Å². The fraction of sp³-hybridized carbons (Fsp3) is 0.294. The van der Waals surface area contributed by atoms with Crippen LogP contribution in [0.5, 0.6) is 0 Å². The van der Waals surface area contributed by atoms with E-state index in [1.807, 2.05) is 13.8 Å². The first kappa shape index (κ1) is 15.1. The number of carbonyl (C=O) groups is 2. The number of carboxylic acid groups (broad SMARTS) is 1. The first-order valence-electron chi connectivity index (χ1n) is 7.38. The molecule has 3 rings (SSSR count). The molecule has 1 aromatic carbocycles. The first-order chi connectivity index (χ1) is 10.9. The van der Waals surface area contributed by atoms with Gasteiger partial charge in [-0.25, -0.2) is 19.6 Å². The number of fused-ring (bicyclic) bond motifs is 2. The average Bonchev–Trinajstić information content (AvgIpc) is 3.07. The Bertz CT molecular complexity index is 923. The summed E-state index contributed by atoms with van der Waals surface area (Å²) in [6, 6.07) is 1.72. The van der Waals surface area contributed by atoms with E-state index in [9.17, 15) is 14.7 Å². The van der Waals surface area contributed by atoms with Gasteiger partial charge in [0, 0.05) is 10.8 Å². The SMILES string of the molecule is CCCOC(=O)C1=Cc2c(C)c3c(cc2=N1)N=C(C(=O)O)C=3C. The van der Waals surface area contributed by atoms with E-state index in [-0.39, 0.29) is 11.4 Å². The second-order valence-electron chi connectivity index (χ2n) is 5.50.